The number of benzene rings is 2. The van der Waals surface area contributed by atoms with Crippen LogP contribution in [-0.4, -0.2) is 18.8 Å². The van der Waals surface area contributed by atoms with E-state index in [2.05, 4.69) is 5.32 Å². The Morgan fingerprint density at radius 2 is 2.05 bits per heavy atom. The summed E-state index contributed by atoms with van der Waals surface area (Å²) in [5.41, 5.74) is 1.73. The topological polar surface area (TPSA) is 38.3 Å². The summed E-state index contributed by atoms with van der Waals surface area (Å²) in [6, 6.07) is 13.0. The Hall–Kier alpha value is -1.65. The minimum atomic E-state index is -0.0783. The SMILES string of the molecule is COc1ccc(C(=O)NC2CCSc3ccc(Cl)cc32)cc1. The standard InChI is InChI=1S/C17H16ClNO2S/c1-21-13-5-2-11(3-6-13)17(20)19-15-8-9-22-16-7-4-12(18)10-14(15)16/h2-7,10,15H,8-9H2,1H3,(H,19,20). The lowest BCUT2D eigenvalue weighted by atomic mass is 10.0. The van der Waals surface area contributed by atoms with Crippen LogP contribution in [-0.2, 0) is 0 Å². The number of hydrogen-bond acceptors (Lipinski definition) is 3. The zero-order valence-electron chi connectivity index (χ0n) is 12.1. The maximum Gasteiger partial charge on any atom is 0.251 e. The van der Waals surface area contributed by atoms with E-state index in [0.717, 1.165) is 23.5 Å². The molecule has 114 valence electrons. The van der Waals surface area contributed by atoms with Crippen molar-refractivity contribution >= 4 is 29.3 Å². The number of hydrogen-bond donors (Lipinski definition) is 1. The molecule has 0 saturated heterocycles. The minimum absolute atomic E-state index is 0.00421. The van der Waals surface area contributed by atoms with Crippen molar-refractivity contribution in [3.05, 3.63) is 58.6 Å². The molecule has 5 heteroatoms. The van der Waals surface area contributed by atoms with Crippen molar-refractivity contribution in [3.8, 4) is 5.75 Å². The molecule has 0 aliphatic carbocycles. The van der Waals surface area contributed by atoms with Gasteiger partial charge in [0.25, 0.3) is 5.91 Å². The maximum absolute atomic E-state index is 12.4. The van der Waals surface area contributed by atoms with Crippen molar-refractivity contribution in [2.24, 2.45) is 0 Å². The first-order valence-electron chi connectivity index (χ1n) is 7.04. The number of thioether (sulfide) groups is 1. The van der Waals surface area contributed by atoms with Gasteiger partial charge in [0.2, 0.25) is 0 Å². The second-order valence-electron chi connectivity index (χ2n) is 5.07. The summed E-state index contributed by atoms with van der Waals surface area (Å²) in [5.74, 6) is 1.65. The van der Waals surface area contributed by atoms with Crippen molar-refractivity contribution in [2.45, 2.75) is 17.4 Å². The Morgan fingerprint density at radius 1 is 1.27 bits per heavy atom. The molecule has 1 N–H and O–H groups in total. The van der Waals surface area contributed by atoms with Gasteiger partial charge in [-0.25, -0.2) is 0 Å². The summed E-state index contributed by atoms with van der Waals surface area (Å²) < 4.78 is 5.11. The molecule has 1 aliphatic heterocycles. The Labute approximate surface area is 139 Å². The highest BCUT2D eigenvalue weighted by molar-refractivity contribution is 7.99. The lowest BCUT2D eigenvalue weighted by Crippen LogP contribution is -2.30. The molecule has 1 aliphatic rings. The van der Waals surface area contributed by atoms with E-state index in [1.807, 2.05) is 18.2 Å². The fourth-order valence-electron chi connectivity index (χ4n) is 2.50. The third-order valence-corrected chi connectivity index (χ3v) is 5.03. The first-order valence-corrected chi connectivity index (χ1v) is 8.41. The van der Waals surface area contributed by atoms with E-state index < -0.39 is 0 Å². The molecule has 3 rings (SSSR count). The van der Waals surface area contributed by atoms with Crippen LogP contribution < -0.4 is 10.1 Å². The van der Waals surface area contributed by atoms with Gasteiger partial charge in [-0.05, 0) is 54.4 Å². The number of amides is 1. The van der Waals surface area contributed by atoms with Gasteiger partial charge in [0.1, 0.15) is 5.75 Å². The molecular weight excluding hydrogens is 318 g/mol. The number of methoxy groups -OCH3 is 1. The molecule has 2 aromatic rings. The third kappa shape index (κ3) is 3.23. The van der Waals surface area contributed by atoms with Gasteiger partial charge < -0.3 is 10.1 Å². The molecule has 0 aromatic heterocycles. The second kappa shape index (κ2) is 6.63. The molecule has 0 spiro atoms. The lowest BCUT2D eigenvalue weighted by Gasteiger charge is -2.26. The summed E-state index contributed by atoms with van der Waals surface area (Å²) in [6.07, 6.45) is 0.903. The Bertz CT molecular complexity index is 688. The Kier molecular flexibility index (Phi) is 4.60. The van der Waals surface area contributed by atoms with Gasteiger partial charge in [0.15, 0.2) is 0 Å². The molecule has 0 saturated carbocycles. The number of nitrogens with one attached hydrogen (secondary N) is 1. The van der Waals surface area contributed by atoms with E-state index in [1.165, 1.54) is 4.90 Å². The van der Waals surface area contributed by atoms with Crippen LogP contribution in [0.25, 0.3) is 0 Å². The second-order valence-corrected chi connectivity index (χ2v) is 6.65. The zero-order valence-corrected chi connectivity index (χ0v) is 13.7. The predicted octanol–water partition coefficient (Wildman–Crippen LogP) is 4.32. The highest BCUT2D eigenvalue weighted by Gasteiger charge is 2.23. The normalized spacial score (nSPS) is 16.7. The molecule has 1 atom stereocenters. The predicted molar refractivity (Wildman–Crippen MR) is 90.0 cm³/mol. The van der Waals surface area contributed by atoms with Crippen molar-refractivity contribution in [3.63, 3.8) is 0 Å². The monoisotopic (exact) mass is 333 g/mol. The molecule has 0 radical (unpaired) electrons. The summed E-state index contributed by atoms with van der Waals surface area (Å²) in [6.45, 7) is 0. The van der Waals surface area contributed by atoms with Crippen LogP contribution in [0.15, 0.2) is 47.4 Å². The quantitative estimate of drug-likeness (QED) is 0.909. The molecule has 1 unspecified atom stereocenters. The fraction of sp³-hybridized carbons (Fsp3) is 0.235. The van der Waals surface area contributed by atoms with E-state index in [9.17, 15) is 4.79 Å². The van der Waals surface area contributed by atoms with Crippen molar-refractivity contribution in [1.29, 1.82) is 0 Å². The smallest absolute Gasteiger partial charge is 0.251 e. The van der Waals surface area contributed by atoms with Gasteiger partial charge in [0, 0.05) is 21.2 Å². The Balaban J connectivity index is 1.78. The van der Waals surface area contributed by atoms with Crippen LogP contribution in [0.2, 0.25) is 5.02 Å². The van der Waals surface area contributed by atoms with Gasteiger partial charge >= 0.3 is 0 Å². The van der Waals surface area contributed by atoms with Crippen molar-refractivity contribution < 1.29 is 9.53 Å². The first kappa shape index (κ1) is 15.3. The first-order chi connectivity index (χ1) is 10.7. The van der Waals surface area contributed by atoms with Gasteiger partial charge in [-0.1, -0.05) is 11.6 Å². The van der Waals surface area contributed by atoms with E-state index in [1.54, 1.807) is 43.1 Å². The summed E-state index contributed by atoms with van der Waals surface area (Å²) in [5, 5.41) is 3.80. The molecule has 3 nitrogen and oxygen atoms in total. The number of rotatable bonds is 3. The minimum Gasteiger partial charge on any atom is -0.497 e. The molecule has 1 heterocycles. The van der Waals surface area contributed by atoms with Crippen LogP contribution in [0, 0.1) is 0 Å². The van der Waals surface area contributed by atoms with Crippen LogP contribution in [0.5, 0.6) is 5.75 Å². The third-order valence-electron chi connectivity index (χ3n) is 3.67. The summed E-state index contributed by atoms with van der Waals surface area (Å²) in [4.78, 5) is 13.6. The summed E-state index contributed by atoms with van der Waals surface area (Å²) in [7, 11) is 1.61. The summed E-state index contributed by atoms with van der Waals surface area (Å²) >= 11 is 7.90. The van der Waals surface area contributed by atoms with Crippen molar-refractivity contribution in [1.82, 2.24) is 5.32 Å². The zero-order chi connectivity index (χ0) is 15.5. The number of halogens is 1. The highest BCUT2D eigenvalue weighted by Crippen LogP contribution is 2.37. The van der Waals surface area contributed by atoms with Crippen LogP contribution in [0.3, 0.4) is 0 Å². The van der Waals surface area contributed by atoms with E-state index >= 15 is 0 Å². The van der Waals surface area contributed by atoms with Gasteiger partial charge in [-0.15, -0.1) is 11.8 Å². The van der Waals surface area contributed by atoms with Crippen LogP contribution in [0.1, 0.15) is 28.4 Å². The van der Waals surface area contributed by atoms with Crippen LogP contribution >= 0.6 is 23.4 Å². The number of carbonyl (C=O) groups is 1. The molecule has 2 aromatic carbocycles. The number of ether oxygens (including phenoxy) is 1. The lowest BCUT2D eigenvalue weighted by molar-refractivity contribution is 0.0935. The molecule has 0 fully saturated rings. The van der Waals surface area contributed by atoms with Crippen molar-refractivity contribution in [2.75, 3.05) is 12.9 Å². The number of carbonyl (C=O) groups excluding carboxylic acids is 1. The fourth-order valence-corrected chi connectivity index (χ4v) is 3.79. The molecular formula is C17H16ClNO2S. The molecule has 1 amide bonds. The maximum atomic E-state index is 12.4. The molecule has 0 bridgehead atoms. The van der Waals surface area contributed by atoms with Gasteiger partial charge in [0.05, 0.1) is 13.2 Å². The van der Waals surface area contributed by atoms with Crippen LogP contribution in [0.4, 0.5) is 0 Å². The van der Waals surface area contributed by atoms with E-state index in [-0.39, 0.29) is 11.9 Å². The molecule has 22 heavy (non-hydrogen) atoms. The largest absolute Gasteiger partial charge is 0.497 e. The average molecular weight is 334 g/mol. The van der Waals surface area contributed by atoms with Gasteiger partial charge in [-0.2, -0.15) is 0 Å². The number of fused-ring (bicyclic) bond motifs is 1. The highest BCUT2D eigenvalue weighted by atomic mass is 35.5. The average Bonchev–Trinajstić information content (AvgIpc) is 2.55. The van der Waals surface area contributed by atoms with E-state index in [0.29, 0.717) is 10.6 Å². The van der Waals surface area contributed by atoms with E-state index in [4.69, 9.17) is 16.3 Å². The Morgan fingerprint density at radius 3 is 2.77 bits per heavy atom. The van der Waals surface area contributed by atoms with Gasteiger partial charge in [-0.3, -0.25) is 4.79 Å².